The van der Waals surface area contributed by atoms with Gasteiger partial charge in [0.05, 0.1) is 11.6 Å². The number of amides is 1. The van der Waals surface area contributed by atoms with Crippen LogP contribution >= 0.6 is 0 Å². The van der Waals surface area contributed by atoms with Crippen LogP contribution in [0.1, 0.15) is 34.6 Å². The third kappa shape index (κ3) is 3.64. The zero-order chi connectivity index (χ0) is 20.3. The molecule has 0 fully saturated rings. The molecule has 0 saturated heterocycles. The summed E-state index contributed by atoms with van der Waals surface area (Å²) in [6, 6.07) is 13.1. The summed E-state index contributed by atoms with van der Waals surface area (Å²) in [6.07, 6.45) is 0. The molecule has 0 aliphatic heterocycles. The Hall–Kier alpha value is -3.86. The smallest absolute Gasteiger partial charge is 0.272 e. The number of hydrogen-bond donors (Lipinski definition) is 1. The lowest BCUT2D eigenvalue weighted by atomic mass is 10.0. The Bertz CT molecular complexity index is 1150. The number of carbonyl (C=O) groups excluding carboxylic acids is 1. The Kier molecular flexibility index (Phi) is 5.27. The lowest BCUT2D eigenvalue weighted by Crippen LogP contribution is -2.31. The van der Waals surface area contributed by atoms with Crippen LogP contribution in [0.3, 0.4) is 0 Å². The number of nitriles is 1. The number of benzene rings is 2. The molecule has 8 heteroatoms. The largest absolute Gasteiger partial charge is 0.344 e. The summed E-state index contributed by atoms with van der Waals surface area (Å²) in [5.41, 5.74) is -0.850. The lowest BCUT2D eigenvalue weighted by molar-refractivity contribution is 0.0932. The van der Waals surface area contributed by atoms with Crippen LogP contribution in [0.15, 0.2) is 59.4 Å². The van der Waals surface area contributed by atoms with Crippen molar-refractivity contribution in [2.75, 3.05) is 0 Å². The van der Waals surface area contributed by atoms with E-state index in [1.807, 2.05) is 0 Å². The zero-order valence-corrected chi connectivity index (χ0v) is 14.7. The van der Waals surface area contributed by atoms with Gasteiger partial charge in [-0.3, -0.25) is 9.59 Å². The van der Waals surface area contributed by atoms with Crippen LogP contribution in [0.4, 0.5) is 8.78 Å². The third-order valence-electron chi connectivity index (χ3n) is 4.08. The van der Waals surface area contributed by atoms with Crippen LogP contribution in [-0.2, 0) is 0 Å². The molecule has 0 unspecified atom stereocenters. The maximum Gasteiger partial charge on any atom is 0.272 e. The molecular formula is C20H14F2N4O2. The second-order valence-electron chi connectivity index (χ2n) is 5.94. The maximum absolute atomic E-state index is 14.3. The Balaban J connectivity index is 1.90. The van der Waals surface area contributed by atoms with Gasteiger partial charge in [0.1, 0.15) is 29.1 Å². The van der Waals surface area contributed by atoms with Gasteiger partial charge in [-0.25, -0.2) is 8.78 Å². The summed E-state index contributed by atoms with van der Waals surface area (Å²) >= 11 is 0. The second kappa shape index (κ2) is 7.80. The number of aromatic nitrogens is 2. The van der Waals surface area contributed by atoms with Crippen LogP contribution in [-0.4, -0.2) is 15.7 Å². The highest BCUT2D eigenvalue weighted by Crippen LogP contribution is 2.19. The number of carbonyl (C=O) groups is 1. The summed E-state index contributed by atoms with van der Waals surface area (Å²) in [6.45, 7) is 1.55. The van der Waals surface area contributed by atoms with Crippen LogP contribution in [0.2, 0.25) is 0 Å². The average Bonchev–Trinajstić information content (AvgIpc) is 2.69. The summed E-state index contributed by atoms with van der Waals surface area (Å²) in [5, 5.41) is 15.4. The minimum Gasteiger partial charge on any atom is -0.344 e. The minimum absolute atomic E-state index is 0.0945. The van der Waals surface area contributed by atoms with Crippen molar-refractivity contribution in [3.8, 4) is 11.8 Å². The first kappa shape index (κ1) is 18.9. The predicted molar refractivity (Wildman–Crippen MR) is 96.8 cm³/mol. The Morgan fingerprint density at radius 1 is 1.14 bits per heavy atom. The van der Waals surface area contributed by atoms with E-state index in [9.17, 15) is 18.4 Å². The number of nitrogens with one attached hydrogen (secondary N) is 1. The van der Waals surface area contributed by atoms with Crippen molar-refractivity contribution in [3.05, 3.63) is 93.4 Å². The minimum atomic E-state index is -0.767. The van der Waals surface area contributed by atoms with Gasteiger partial charge >= 0.3 is 0 Å². The van der Waals surface area contributed by atoms with Gasteiger partial charge in [-0.1, -0.05) is 24.3 Å². The molecule has 0 bridgehead atoms. The van der Waals surface area contributed by atoms with Crippen molar-refractivity contribution in [2.24, 2.45) is 0 Å². The normalized spacial score (nSPS) is 11.5. The van der Waals surface area contributed by atoms with Gasteiger partial charge in [0, 0.05) is 11.6 Å². The van der Waals surface area contributed by atoms with Crippen molar-refractivity contribution in [1.29, 1.82) is 5.26 Å². The fraction of sp³-hybridized carbons (Fsp3) is 0.100. The number of halogens is 2. The van der Waals surface area contributed by atoms with Gasteiger partial charge in [-0.05, 0) is 31.2 Å². The van der Waals surface area contributed by atoms with Gasteiger partial charge in [0.25, 0.3) is 11.5 Å². The van der Waals surface area contributed by atoms with E-state index in [2.05, 4.69) is 10.4 Å². The summed E-state index contributed by atoms with van der Waals surface area (Å²) in [4.78, 5) is 24.5. The molecular weight excluding hydrogens is 366 g/mol. The Morgan fingerprint density at radius 2 is 1.89 bits per heavy atom. The molecule has 1 aromatic heterocycles. The van der Waals surface area contributed by atoms with E-state index in [-0.39, 0.29) is 22.5 Å². The molecule has 6 nitrogen and oxygen atoms in total. The van der Waals surface area contributed by atoms with Crippen LogP contribution in [0, 0.1) is 23.0 Å². The standard InChI is InChI=1S/C20H14F2N4O2/c1-12(14-6-4-5-13(11-23)19(14)22)24-20(28)16-9-10-18(27)26(25-16)17-8-3-2-7-15(17)21/h2-10,12H,1H3,(H,24,28)/t12-/m1/s1. The highest BCUT2D eigenvalue weighted by molar-refractivity contribution is 5.92. The first-order valence-corrected chi connectivity index (χ1v) is 8.27. The quantitative estimate of drug-likeness (QED) is 0.754. The molecule has 1 heterocycles. The first-order chi connectivity index (χ1) is 13.4. The highest BCUT2D eigenvalue weighted by atomic mass is 19.1. The summed E-state index contributed by atoms with van der Waals surface area (Å²) in [7, 11) is 0. The highest BCUT2D eigenvalue weighted by Gasteiger charge is 2.19. The number of rotatable bonds is 4. The molecule has 28 heavy (non-hydrogen) atoms. The fourth-order valence-electron chi connectivity index (χ4n) is 2.65. The molecule has 3 aromatic rings. The predicted octanol–water partition coefficient (Wildman–Crippen LogP) is 2.87. The number of nitrogens with zero attached hydrogens (tertiary/aromatic N) is 3. The molecule has 3 rings (SSSR count). The summed E-state index contributed by atoms with van der Waals surface area (Å²) < 4.78 is 29.0. The number of para-hydroxylation sites is 1. The van der Waals surface area contributed by atoms with Crippen molar-refractivity contribution in [3.63, 3.8) is 0 Å². The second-order valence-corrected chi connectivity index (χ2v) is 5.94. The Labute approximate surface area is 158 Å². The lowest BCUT2D eigenvalue weighted by Gasteiger charge is -2.15. The molecule has 2 aromatic carbocycles. The van der Waals surface area contributed by atoms with Crippen molar-refractivity contribution >= 4 is 5.91 Å². The van der Waals surface area contributed by atoms with E-state index in [1.54, 1.807) is 13.0 Å². The molecule has 0 spiro atoms. The number of hydrogen-bond acceptors (Lipinski definition) is 4. The molecule has 1 atom stereocenters. The van der Waals surface area contributed by atoms with Gasteiger partial charge < -0.3 is 5.32 Å². The third-order valence-corrected chi connectivity index (χ3v) is 4.08. The van der Waals surface area contributed by atoms with Crippen LogP contribution in [0.25, 0.3) is 5.69 Å². The molecule has 0 aliphatic carbocycles. The van der Waals surface area contributed by atoms with Crippen LogP contribution in [0.5, 0.6) is 0 Å². The van der Waals surface area contributed by atoms with Crippen molar-refractivity contribution in [2.45, 2.75) is 13.0 Å². The van der Waals surface area contributed by atoms with E-state index < -0.39 is 29.1 Å². The molecule has 1 N–H and O–H groups in total. The molecule has 0 saturated carbocycles. The van der Waals surface area contributed by atoms with E-state index in [4.69, 9.17) is 5.26 Å². The van der Waals surface area contributed by atoms with E-state index >= 15 is 0 Å². The van der Waals surface area contributed by atoms with Gasteiger partial charge in [0.2, 0.25) is 0 Å². The fourth-order valence-corrected chi connectivity index (χ4v) is 2.65. The molecule has 140 valence electrons. The summed E-state index contributed by atoms with van der Waals surface area (Å²) in [5.74, 6) is -2.07. The topological polar surface area (TPSA) is 87.8 Å². The average molecular weight is 380 g/mol. The zero-order valence-electron chi connectivity index (χ0n) is 14.7. The van der Waals surface area contributed by atoms with E-state index in [1.165, 1.54) is 48.5 Å². The first-order valence-electron chi connectivity index (χ1n) is 8.27. The Morgan fingerprint density at radius 3 is 2.61 bits per heavy atom. The van der Waals surface area contributed by atoms with Gasteiger partial charge in [-0.2, -0.15) is 15.0 Å². The molecule has 0 aliphatic rings. The van der Waals surface area contributed by atoms with Crippen molar-refractivity contribution < 1.29 is 13.6 Å². The molecule has 1 amide bonds. The van der Waals surface area contributed by atoms with Gasteiger partial charge in [0.15, 0.2) is 0 Å². The molecule has 0 radical (unpaired) electrons. The van der Waals surface area contributed by atoms with E-state index in [0.29, 0.717) is 0 Å². The van der Waals surface area contributed by atoms with Gasteiger partial charge in [-0.15, -0.1) is 0 Å². The maximum atomic E-state index is 14.3. The monoisotopic (exact) mass is 380 g/mol. The van der Waals surface area contributed by atoms with Crippen LogP contribution < -0.4 is 10.9 Å². The van der Waals surface area contributed by atoms with Crippen molar-refractivity contribution in [1.82, 2.24) is 15.1 Å². The van der Waals surface area contributed by atoms with E-state index in [0.717, 1.165) is 10.7 Å². The SMILES string of the molecule is C[C@@H](NC(=O)c1ccc(=O)n(-c2ccccc2F)n1)c1cccc(C#N)c1F.